The monoisotopic (exact) mass is 279 g/mol. The molecule has 2 rings (SSSR count). The molecule has 1 N–H and O–H groups in total. The molecule has 3 nitrogen and oxygen atoms in total. The second kappa shape index (κ2) is 5.37. The largest absolute Gasteiger partial charge is 0.413 e. The fourth-order valence-corrected chi connectivity index (χ4v) is 3.40. The van der Waals surface area contributed by atoms with Crippen LogP contribution in [0.15, 0.2) is 6.58 Å². The molecule has 1 aliphatic rings. The summed E-state index contributed by atoms with van der Waals surface area (Å²) in [6, 6.07) is 0. The first-order valence-corrected chi connectivity index (χ1v) is 7.49. The molecule has 0 spiro atoms. The van der Waals surface area contributed by atoms with E-state index >= 15 is 0 Å². The lowest BCUT2D eigenvalue weighted by Crippen LogP contribution is -2.42. The van der Waals surface area contributed by atoms with Gasteiger partial charge in [-0.05, 0) is 52.5 Å². The fourth-order valence-electron chi connectivity index (χ4n) is 2.23. The second-order valence-electron chi connectivity index (χ2n) is 5.87. The lowest BCUT2D eigenvalue weighted by atomic mass is 9.98. The van der Waals surface area contributed by atoms with Crippen LogP contribution < -0.4 is 10.1 Å². The molecule has 1 amide bonds. The highest BCUT2D eigenvalue weighted by Crippen LogP contribution is 2.40. The molecule has 0 radical (unpaired) electrons. The van der Waals surface area contributed by atoms with Crippen molar-refractivity contribution in [2.24, 2.45) is 0 Å². The van der Waals surface area contributed by atoms with Crippen molar-refractivity contribution in [1.29, 1.82) is 0 Å². The van der Waals surface area contributed by atoms with Crippen molar-refractivity contribution in [3.63, 3.8) is 0 Å². The first kappa shape index (κ1) is 14.1. The topological polar surface area (TPSA) is 38.3 Å². The molecule has 1 aliphatic carbocycles. The first-order chi connectivity index (χ1) is 8.90. The Morgan fingerprint density at radius 3 is 2.68 bits per heavy atom. The number of fused-ring (bicyclic) bond motifs is 1. The second-order valence-corrected chi connectivity index (χ2v) is 7.01. The highest BCUT2D eigenvalue weighted by atomic mass is 32.1. The summed E-state index contributed by atoms with van der Waals surface area (Å²) in [7, 11) is 0. The van der Waals surface area contributed by atoms with Gasteiger partial charge in [0, 0.05) is 16.0 Å². The van der Waals surface area contributed by atoms with Crippen LogP contribution in [0.4, 0.5) is 4.79 Å². The number of ether oxygens (including phenoxy) is 1. The average Bonchev–Trinajstić information content (AvgIpc) is 2.65. The quantitative estimate of drug-likeness (QED) is 0.883. The Bertz CT molecular complexity index is 497. The summed E-state index contributed by atoms with van der Waals surface area (Å²) in [6.07, 6.45) is 5.86. The zero-order chi connectivity index (χ0) is 14.0. The Morgan fingerprint density at radius 2 is 2.05 bits per heavy atom. The van der Waals surface area contributed by atoms with E-state index in [1.165, 1.54) is 16.9 Å². The third-order valence-electron chi connectivity index (χ3n) is 3.01. The van der Waals surface area contributed by atoms with E-state index in [1.807, 2.05) is 20.8 Å². The molecular formula is C15H21NO2S. The number of carbonyl (C=O) groups excluding carboxylic acids is 1. The summed E-state index contributed by atoms with van der Waals surface area (Å²) >= 11 is 1.70. The normalized spacial score (nSPS) is 14.7. The maximum atomic E-state index is 11.9. The van der Waals surface area contributed by atoms with Crippen LogP contribution in [0.5, 0.6) is 5.75 Å². The van der Waals surface area contributed by atoms with E-state index in [0.29, 0.717) is 0 Å². The van der Waals surface area contributed by atoms with E-state index in [-0.39, 0.29) is 11.6 Å². The van der Waals surface area contributed by atoms with Gasteiger partial charge >= 0.3 is 6.09 Å². The molecule has 0 saturated carbocycles. The van der Waals surface area contributed by atoms with Crippen LogP contribution in [-0.4, -0.2) is 11.6 Å². The molecular weight excluding hydrogens is 258 g/mol. The number of carbonyl (C=O) groups is 1. The molecule has 1 heterocycles. The third kappa shape index (κ3) is 3.38. The molecule has 1 aromatic heterocycles. The van der Waals surface area contributed by atoms with E-state index in [9.17, 15) is 4.79 Å². The summed E-state index contributed by atoms with van der Waals surface area (Å²) < 4.78 is 5.54. The van der Waals surface area contributed by atoms with Gasteiger partial charge in [-0.2, -0.15) is 0 Å². The van der Waals surface area contributed by atoms with Gasteiger partial charge in [-0.3, -0.25) is 0 Å². The van der Waals surface area contributed by atoms with E-state index < -0.39 is 0 Å². The standard InChI is InChI=1S/C15H21NO2S/c1-5-11-13(18-14(17)16-15(2,3)4)10-8-6-7-9-12(10)19-11/h5H,1,6-9H2,2-4H3,(H,16,17). The lowest BCUT2D eigenvalue weighted by Gasteiger charge is -2.20. The van der Waals surface area contributed by atoms with Gasteiger partial charge in [0.2, 0.25) is 0 Å². The van der Waals surface area contributed by atoms with E-state index in [1.54, 1.807) is 17.4 Å². The van der Waals surface area contributed by atoms with Crippen molar-refractivity contribution in [1.82, 2.24) is 5.32 Å². The molecule has 0 saturated heterocycles. The van der Waals surface area contributed by atoms with E-state index in [2.05, 4.69) is 11.9 Å². The van der Waals surface area contributed by atoms with Crippen LogP contribution in [0, 0.1) is 0 Å². The summed E-state index contributed by atoms with van der Waals surface area (Å²) in [5.41, 5.74) is 0.914. The minimum Gasteiger partial charge on any atom is -0.408 e. The Balaban J connectivity index is 2.22. The van der Waals surface area contributed by atoms with Crippen molar-refractivity contribution in [3.05, 3.63) is 21.9 Å². The molecule has 0 aromatic carbocycles. The van der Waals surface area contributed by atoms with Gasteiger partial charge in [0.25, 0.3) is 0 Å². The molecule has 19 heavy (non-hydrogen) atoms. The Kier molecular flexibility index (Phi) is 3.99. The predicted octanol–water partition coefficient (Wildman–Crippen LogP) is 4.16. The molecule has 0 unspecified atom stereocenters. The molecule has 1 aromatic rings. The maximum Gasteiger partial charge on any atom is 0.413 e. The number of hydrogen-bond acceptors (Lipinski definition) is 3. The van der Waals surface area contributed by atoms with E-state index in [4.69, 9.17) is 4.74 Å². The Morgan fingerprint density at radius 1 is 1.37 bits per heavy atom. The molecule has 0 aliphatic heterocycles. The van der Waals surface area contributed by atoms with Crippen molar-refractivity contribution in [2.45, 2.75) is 52.0 Å². The van der Waals surface area contributed by atoms with Gasteiger partial charge in [-0.25, -0.2) is 4.79 Å². The van der Waals surface area contributed by atoms with Gasteiger partial charge in [-0.1, -0.05) is 6.58 Å². The van der Waals surface area contributed by atoms with Crippen LogP contribution >= 0.6 is 11.3 Å². The van der Waals surface area contributed by atoms with Crippen LogP contribution in [0.1, 0.15) is 48.9 Å². The van der Waals surface area contributed by atoms with Gasteiger partial charge in [0.1, 0.15) is 0 Å². The van der Waals surface area contributed by atoms with Crippen molar-refractivity contribution in [3.8, 4) is 5.75 Å². The number of thiophene rings is 1. The summed E-state index contributed by atoms with van der Waals surface area (Å²) in [5, 5.41) is 2.82. The number of nitrogens with one attached hydrogen (secondary N) is 1. The maximum absolute atomic E-state index is 11.9. The van der Waals surface area contributed by atoms with Crippen LogP contribution in [-0.2, 0) is 12.8 Å². The Hall–Kier alpha value is -1.29. The molecule has 4 heteroatoms. The lowest BCUT2D eigenvalue weighted by molar-refractivity contribution is 0.190. The fraction of sp³-hybridized carbons (Fsp3) is 0.533. The van der Waals surface area contributed by atoms with Crippen molar-refractivity contribution < 1.29 is 9.53 Å². The van der Waals surface area contributed by atoms with Gasteiger partial charge in [0.15, 0.2) is 5.75 Å². The highest BCUT2D eigenvalue weighted by Gasteiger charge is 2.24. The summed E-state index contributed by atoms with van der Waals surface area (Å²) in [6.45, 7) is 9.62. The third-order valence-corrected chi connectivity index (χ3v) is 4.27. The predicted molar refractivity (Wildman–Crippen MR) is 80.0 cm³/mol. The number of aryl methyl sites for hydroxylation is 1. The molecule has 0 bridgehead atoms. The van der Waals surface area contributed by atoms with Crippen molar-refractivity contribution >= 4 is 23.5 Å². The molecule has 0 fully saturated rings. The zero-order valence-corrected chi connectivity index (χ0v) is 12.7. The van der Waals surface area contributed by atoms with Gasteiger partial charge in [-0.15, -0.1) is 11.3 Å². The summed E-state index contributed by atoms with van der Waals surface area (Å²) in [4.78, 5) is 14.2. The Labute approximate surface area is 118 Å². The number of hydrogen-bond donors (Lipinski definition) is 1. The molecule has 0 atom stereocenters. The molecule has 104 valence electrons. The number of amides is 1. The van der Waals surface area contributed by atoms with Crippen molar-refractivity contribution in [2.75, 3.05) is 0 Å². The van der Waals surface area contributed by atoms with Gasteiger partial charge < -0.3 is 10.1 Å². The summed E-state index contributed by atoms with van der Waals surface area (Å²) in [5.74, 6) is 0.719. The SMILES string of the molecule is C=Cc1sc2c(c1OC(=O)NC(C)(C)C)CCCC2. The zero-order valence-electron chi connectivity index (χ0n) is 11.8. The smallest absolute Gasteiger partial charge is 0.408 e. The highest BCUT2D eigenvalue weighted by molar-refractivity contribution is 7.13. The minimum absolute atomic E-state index is 0.290. The van der Waals surface area contributed by atoms with Crippen LogP contribution in [0.3, 0.4) is 0 Å². The average molecular weight is 279 g/mol. The van der Waals surface area contributed by atoms with Gasteiger partial charge in [0.05, 0.1) is 4.88 Å². The first-order valence-electron chi connectivity index (χ1n) is 6.67. The van der Waals surface area contributed by atoms with Crippen LogP contribution in [0.2, 0.25) is 0 Å². The minimum atomic E-state index is -0.387. The van der Waals surface area contributed by atoms with Crippen LogP contribution in [0.25, 0.3) is 6.08 Å². The number of rotatable bonds is 2. The van der Waals surface area contributed by atoms with E-state index in [0.717, 1.165) is 29.9 Å².